The van der Waals surface area contributed by atoms with Gasteiger partial charge in [0.2, 0.25) is 0 Å². The lowest BCUT2D eigenvalue weighted by Crippen LogP contribution is -2.64. The average Bonchev–Trinajstić information content (AvgIpc) is 3.56. The molecule has 2 aromatic carbocycles. The number of esters is 5. The Balaban J connectivity index is 1.66. The SMILES string of the molecule is C=C(C)[C@H]1C=C[C@@H](OC(=O)c2ccccc2)[C@@]23CO[C@@](C)([C@@H](OC(=O)c4ccccc4)[C@@]4(OC(C)=O)C[C@H](C)[C@H](OC(=O)CC)[C@@H]4[C@H]2OC(C)=O)[C@H]13. The summed E-state index contributed by atoms with van der Waals surface area (Å²) in [5.41, 5.74) is -3.32. The van der Waals surface area contributed by atoms with Crippen molar-refractivity contribution in [2.45, 2.75) is 90.0 Å². The van der Waals surface area contributed by atoms with E-state index < -0.39 is 94.6 Å². The van der Waals surface area contributed by atoms with E-state index >= 15 is 0 Å². The topological polar surface area (TPSA) is 141 Å². The van der Waals surface area contributed by atoms with Gasteiger partial charge in [-0.25, -0.2) is 9.59 Å². The molecule has 0 amide bonds. The molecule has 4 aliphatic rings. The van der Waals surface area contributed by atoms with Gasteiger partial charge in [-0.2, -0.15) is 0 Å². The molecule has 11 atom stereocenters. The van der Waals surface area contributed by atoms with Crippen LogP contribution < -0.4 is 0 Å². The minimum absolute atomic E-state index is 0.0491. The van der Waals surface area contributed by atoms with Crippen LogP contribution in [0.5, 0.6) is 0 Å². The van der Waals surface area contributed by atoms with E-state index in [1.54, 1.807) is 80.6 Å². The molecule has 2 bridgehead atoms. The molecule has 3 fully saturated rings. The van der Waals surface area contributed by atoms with Crippen LogP contribution in [0.25, 0.3) is 0 Å². The fourth-order valence-electron chi connectivity index (χ4n) is 9.57. The Kier molecular flexibility index (Phi) is 9.95. The third-order valence-electron chi connectivity index (χ3n) is 11.4. The molecule has 11 heteroatoms. The third-order valence-corrected chi connectivity index (χ3v) is 11.4. The van der Waals surface area contributed by atoms with Gasteiger partial charge in [0.25, 0.3) is 0 Å². The highest BCUT2D eigenvalue weighted by molar-refractivity contribution is 5.90. The normalized spacial score (nSPS) is 35.6. The van der Waals surface area contributed by atoms with E-state index in [4.69, 9.17) is 28.4 Å². The number of carbonyl (C=O) groups excluding carboxylic acids is 5. The van der Waals surface area contributed by atoms with Crippen LogP contribution in [-0.2, 0) is 42.8 Å². The van der Waals surface area contributed by atoms with Gasteiger partial charge in [-0.3, -0.25) is 14.4 Å². The van der Waals surface area contributed by atoms with Gasteiger partial charge in [-0.05, 0) is 56.5 Å². The van der Waals surface area contributed by atoms with Crippen LogP contribution in [-0.4, -0.2) is 72.1 Å². The van der Waals surface area contributed by atoms with Crippen molar-refractivity contribution in [3.8, 4) is 0 Å². The van der Waals surface area contributed by atoms with Crippen molar-refractivity contribution >= 4 is 29.8 Å². The first-order valence-corrected chi connectivity index (χ1v) is 17.8. The molecule has 52 heavy (non-hydrogen) atoms. The Hall–Kier alpha value is -4.77. The number of carbonyl (C=O) groups is 5. The summed E-state index contributed by atoms with van der Waals surface area (Å²) in [5, 5.41) is 0. The number of ether oxygens (including phenoxy) is 6. The summed E-state index contributed by atoms with van der Waals surface area (Å²) in [7, 11) is 0. The molecular weight excluding hydrogens is 668 g/mol. The maximum absolute atomic E-state index is 14.2. The highest BCUT2D eigenvalue weighted by Crippen LogP contribution is 2.68. The summed E-state index contributed by atoms with van der Waals surface area (Å²) in [6, 6.07) is 16.9. The molecule has 1 heterocycles. The highest BCUT2D eigenvalue weighted by Gasteiger charge is 2.82. The Labute approximate surface area is 303 Å². The lowest BCUT2D eigenvalue weighted by molar-refractivity contribution is -0.238. The summed E-state index contributed by atoms with van der Waals surface area (Å²) < 4.78 is 38.9. The van der Waals surface area contributed by atoms with Crippen LogP contribution in [0, 0.1) is 29.1 Å². The van der Waals surface area contributed by atoms with E-state index in [0.29, 0.717) is 5.56 Å². The van der Waals surface area contributed by atoms with Crippen molar-refractivity contribution in [2.24, 2.45) is 29.1 Å². The fraction of sp³-hybridized carbons (Fsp3) is 0.488. The molecule has 276 valence electrons. The molecule has 0 spiro atoms. The Morgan fingerprint density at radius 3 is 1.96 bits per heavy atom. The summed E-state index contributed by atoms with van der Waals surface area (Å²) >= 11 is 0. The van der Waals surface area contributed by atoms with Gasteiger partial charge in [0, 0.05) is 32.1 Å². The molecule has 2 aromatic rings. The number of allylic oxidation sites excluding steroid dienone is 2. The van der Waals surface area contributed by atoms with Gasteiger partial charge >= 0.3 is 29.8 Å². The molecule has 0 N–H and O–H groups in total. The summed E-state index contributed by atoms with van der Waals surface area (Å²) in [5.74, 6) is -5.97. The van der Waals surface area contributed by atoms with Crippen molar-refractivity contribution in [2.75, 3.05) is 6.61 Å². The maximum Gasteiger partial charge on any atom is 0.338 e. The van der Waals surface area contributed by atoms with E-state index in [1.807, 2.05) is 19.9 Å². The Bertz CT molecular complexity index is 1770. The predicted molar refractivity (Wildman–Crippen MR) is 187 cm³/mol. The molecule has 3 aliphatic carbocycles. The van der Waals surface area contributed by atoms with Gasteiger partial charge < -0.3 is 28.4 Å². The van der Waals surface area contributed by atoms with Crippen LogP contribution in [0.15, 0.2) is 85.0 Å². The molecule has 0 aromatic heterocycles. The molecule has 1 saturated heterocycles. The van der Waals surface area contributed by atoms with Crippen molar-refractivity contribution in [3.63, 3.8) is 0 Å². The number of fused-ring (bicyclic) bond motifs is 1. The highest BCUT2D eigenvalue weighted by atomic mass is 16.6. The minimum atomic E-state index is -1.75. The lowest BCUT2D eigenvalue weighted by atomic mass is 9.55. The van der Waals surface area contributed by atoms with Gasteiger partial charge in [-0.1, -0.05) is 68.5 Å². The third kappa shape index (κ3) is 6.02. The molecule has 6 rings (SSSR count). The Morgan fingerprint density at radius 1 is 0.827 bits per heavy atom. The second kappa shape index (κ2) is 14.0. The van der Waals surface area contributed by atoms with Crippen molar-refractivity contribution in [3.05, 3.63) is 96.1 Å². The summed E-state index contributed by atoms with van der Waals surface area (Å²) in [6.45, 7) is 13.9. The largest absolute Gasteiger partial charge is 0.461 e. The molecule has 0 unspecified atom stereocenters. The first-order chi connectivity index (χ1) is 24.7. The lowest BCUT2D eigenvalue weighted by Gasteiger charge is -2.51. The van der Waals surface area contributed by atoms with Crippen molar-refractivity contribution in [1.82, 2.24) is 0 Å². The van der Waals surface area contributed by atoms with Gasteiger partial charge in [0.05, 0.1) is 29.1 Å². The number of hydrogen-bond donors (Lipinski definition) is 0. The molecule has 11 nitrogen and oxygen atoms in total. The molecule has 2 saturated carbocycles. The number of hydrogen-bond acceptors (Lipinski definition) is 11. The van der Waals surface area contributed by atoms with E-state index in [1.165, 1.54) is 13.8 Å². The second-order valence-corrected chi connectivity index (χ2v) is 14.8. The van der Waals surface area contributed by atoms with Gasteiger partial charge in [0.1, 0.15) is 23.9 Å². The predicted octanol–water partition coefficient (Wildman–Crippen LogP) is 5.82. The molecular formula is C41H46O11. The first-order valence-electron chi connectivity index (χ1n) is 17.8. The fourth-order valence-corrected chi connectivity index (χ4v) is 9.57. The zero-order valence-electron chi connectivity index (χ0n) is 30.4. The van der Waals surface area contributed by atoms with Gasteiger partial charge in [-0.15, -0.1) is 0 Å². The van der Waals surface area contributed by atoms with E-state index in [-0.39, 0.29) is 25.0 Å². The molecule has 0 radical (unpaired) electrons. The zero-order chi connectivity index (χ0) is 37.6. The monoisotopic (exact) mass is 714 g/mol. The van der Waals surface area contributed by atoms with E-state index in [9.17, 15) is 24.0 Å². The zero-order valence-corrected chi connectivity index (χ0v) is 30.4. The first kappa shape index (κ1) is 37.0. The van der Waals surface area contributed by atoms with Crippen LogP contribution in [0.4, 0.5) is 0 Å². The summed E-state index contributed by atoms with van der Waals surface area (Å²) in [4.78, 5) is 67.8. The van der Waals surface area contributed by atoms with Crippen LogP contribution >= 0.6 is 0 Å². The Morgan fingerprint density at radius 2 is 1.42 bits per heavy atom. The van der Waals surface area contributed by atoms with Crippen molar-refractivity contribution < 1.29 is 52.4 Å². The van der Waals surface area contributed by atoms with Crippen molar-refractivity contribution in [1.29, 1.82) is 0 Å². The minimum Gasteiger partial charge on any atom is -0.461 e. The van der Waals surface area contributed by atoms with E-state index in [2.05, 4.69) is 6.58 Å². The number of benzene rings is 2. The average molecular weight is 715 g/mol. The molecule has 1 aliphatic heterocycles. The van der Waals surface area contributed by atoms with Gasteiger partial charge in [0.15, 0.2) is 11.7 Å². The smallest absolute Gasteiger partial charge is 0.338 e. The summed E-state index contributed by atoms with van der Waals surface area (Å²) in [6.07, 6.45) is -0.873. The second-order valence-electron chi connectivity index (χ2n) is 14.8. The standard InChI is InChI=1S/C41H46O11/c1-8-31(44)50-33-24(4)21-41(52-26(6)43)32(33)35(48-25(5)42)40-22-47-39(7,38(41)51-37(46)28-17-13-10-14-18-28)34(40)29(23(2)3)19-20-30(40)49-36(45)27-15-11-9-12-16-27/h9-20,24,29-30,32-35,38H,2,8,21-22H2,1,3-7H3/t24-,29+,30+,32+,33-,34-,35+,38+,39+,40+,41+/m0/s1. The van der Waals surface area contributed by atoms with Crippen LogP contribution in [0.2, 0.25) is 0 Å². The quantitative estimate of drug-likeness (QED) is 0.176. The van der Waals surface area contributed by atoms with Crippen LogP contribution in [0.3, 0.4) is 0 Å². The van der Waals surface area contributed by atoms with Crippen LogP contribution in [0.1, 0.15) is 75.1 Å². The maximum atomic E-state index is 14.2. The van der Waals surface area contributed by atoms with E-state index in [0.717, 1.165) is 5.57 Å². The number of rotatable bonds is 9.